The Morgan fingerprint density at radius 2 is 1.92 bits per heavy atom. The summed E-state index contributed by atoms with van der Waals surface area (Å²) in [5, 5.41) is 31.1. The van der Waals surface area contributed by atoms with Crippen LogP contribution in [0.25, 0.3) is 0 Å². The molecule has 3 N–H and O–H groups in total. The van der Waals surface area contributed by atoms with E-state index in [1.54, 1.807) is 24.3 Å². The van der Waals surface area contributed by atoms with Crippen molar-refractivity contribution in [3.8, 4) is 0 Å². The Kier molecular flexibility index (Phi) is 5.49. The fourth-order valence-corrected chi connectivity index (χ4v) is 8.61. The molecule has 0 aromatic heterocycles. The van der Waals surface area contributed by atoms with E-state index in [1.165, 1.54) is 0 Å². The third-order valence-electron chi connectivity index (χ3n) is 10.2. The molecule has 7 heteroatoms. The smallest absolute Gasteiger partial charge is 0.193 e. The average molecular weight is 495 g/mol. The number of hydrogen-bond donors (Lipinski definition) is 3. The van der Waals surface area contributed by atoms with Gasteiger partial charge in [0.1, 0.15) is 6.61 Å². The lowest BCUT2D eigenvalue weighted by molar-refractivity contribution is -0.201. The minimum absolute atomic E-state index is 0.00109. The van der Waals surface area contributed by atoms with E-state index in [4.69, 9.17) is 9.47 Å². The summed E-state index contributed by atoms with van der Waals surface area (Å²) < 4.78 is 13.0. The molecule has 0 amide bonds. The van der Waals surface area contributed by atoms with Gasteiger partial charge in [-0.3, -0.25) is 9.59 Å². The highest BCUT2D eigenvalue weighted by atomic mass is 16.7. The van der Waals surface area contributed by atoms with Gasteiger partial charge < -0.3 is 24.8 Å². The van der Waals surface area contributed by atoms with Gasteiger partial charge in [0.25, 0.3) is 0 Å². The lowest BCUT2D eigenvalue weighted by Gasteiger charge is -2.59. The quantitative estimate of drug-likeness (QED) is 0.590. The maximum absolute atomic E-state index is 13.5. The molecule has 1 aliphatic heterocycles. The number of rotatable bonds is 4. The van der Waals surface area contributed by atoms with Crippen molar-refractivity contribution >= 4 is 11.6 Å². The highest BCUT2D eigenvalue weighted by Crippen LogP contribution is 2.70. The van der Waals surface area contributed by atoms with E-state index < -0.39 is 47.3 Å². The first-order valence-electron chi connectivity index (χ1n) is 13.0. The van der Waals surface area contributed by atoms with Gasteiger partial charge in [-0.1, -0.05) is 49.8 Å². The van der Waals surface area contributed by atoms with Crippen molar-refractivity contribution in [3.05, 3.63) is 59.2 Å². The Morgan fingerprint density at radius 3 is 2.61 bits per heavy atom. The summed E-state index contributed by atoms with van der Waals surface area (Å²) in [5.74, 6) is -0.278. The van der Waals surface area contributed by atoms with Crippen LogP contribution in [0.5, 0.6) is 0 Å². The molecule has 1 saturated heterocycles. The molecule has 1 aromatic rings. The van der Waals surface area contributed by atoms with Crippen molar-refractivity contribution < 1.29 is 34.4 Å². The summed E-state index contributed by atoms with van der Waals surface area (Å²) in [7, 11) is 0. The van der Waals surface area contributed by atoms with Crippen LogP contribution in [0.4, 0.5) is 0 Å². The average Bonchev–Trinajstić information content (AvgIpc) is 3.37. The molecule has 3 saturated carbocycles. The van der Waals surface area contributed by atoms with Gasteiger partial charge in [0.05, 0.1) is 18.8 Å². The lowest BCUT2D eigenvalue weighted by Crippen LogP contribution is -2.63. The molecule has 7 nitrogen and oxygen atoms in total. The van der Waals surface area contributed by atoms with Gasteiger partial charge in [-0.25, -0.2) is 0 Å². The summed E-state index contributed by atoms with van der Waals surface area (Å²) in [6, 6.07) is 7.25. The number of ether oxygens (including phenoxy) is 2. The molecule has 0 unspecified atom stereocenters. The second-order valence-electron chi connectivity index (χ2n) is 11.7. The largest absolute Gasteiger partial charge is 0.393 e. The predicted molar refractivity (Wildman–Crippen MR) is 129 cm³/mol. The summed E-state index contributed by atoms with van der Waals surface area (Å²) in [4.78, 5) is 25.6. The van der Waals surface area contributed by atoms with Crippen LogP contribution in [-0.2, 0) is 25.7 Å². The van der Waals surface area contributed by atoms with Crippen LogP contribution in [-0.4, -0.2) is 51.3 Å². The van der Waals surface area contributed by atoms with E-state index >= 15 is 0 Å². The van der Waals surface area contributed by atoms with Crippen LogP contribution < -0.4 is 0 Å². The zero-order valence-electron chi connectivity index (χ0n) is 20.7. The third kappa shape index (κ3) is 3.04. The molecule has 4 fully saturated rings. The van der Waals surface area contributed by atoms with Gasteiger partial charge in [-0.2, -0.15) is 0 Å². The van der Waals surface area contributed by atoms with Crippen molar-refractivity contribution in [2.24, 2.45) is 28.6 Å². The Hall–Kier alpha value is -2.16. The molecule has 9 atom stereocenters. The number of benzene rings is 1. The van der Waals surface area contributed by atoms with Crippen LogP contribution in [0.15, 0.2) is 48.1 Å². The zero-order valence-corrected chi connectivity index (χ0v) is 20.7. The normalized spacial score (nSPS) is 44.9. The molecule has 5 aliphatic rings. The van der Waals surface area contributed by atoms with Crippen molar-refractivity contribution in [3.63, 3.8) is 0 Å². The molecule has 1 heterocycles. The SMILES string of the molecule is C[C@]12C=CC(=O)C=C1CC[C@@H]1[C@@H]2[C@@H](O)C[C@@]2(C)[C@H]1C[C@H]1O[C@@H](c3ccc(CO)cc3)O[C@]12C(=O)CO. The van der Waals surface area contributed by atoms with Crippen LogP contribution >= 0.6 is 0 Å². The summed E-state index contributed by atoms with van der Waals surface area (Å²) >= 11 is 0. The Morgan fingerprint density at radius 1 is 1.17 bits per heavy atom. The summed E-state index contributed by atoms with van der Waals surface area (Å²) in [6.07, 6.45) is 5.89. The van der Waals surface area contributed by atoms with Crippen molar-refractivity contribution in [2.75, 3.05) is 6.61 Å². The van der Waals surface area contributed by atoms with E-state index in [0.717, 1.165) is 29.5 Å². The van der Waals surface area contributed by atoms with Gasteiger partial charge in [-0.05, 0) is 55.2 Å². The maximum Gasteiger partial charge on any atom is 0.193 e. The number of carbonyl (C=O) groups is 2. The van der Waals surface area contributed by atoms with Gasteiger partial charge in [0, 0.05) is 22.3 Å². The van der Waals surface area contributed by atoms with E-state index in [1.807, 2.05) is 25.1 Å². The summed E-state index contributed by atoms with van der Waals surface area (Å²) in [5.41, 5.74) is 0.124. The number of ketones is 2. The number of aliphatic hydroxyl groups excluding tert-OH is 3. The fourth-order valence-electron chi connectivity index (χ4n) is 8.61. The monoisotopic (exact) mass is 494 g/mol. The number of Topliss-reactive ketones (excluding diaryl/α,β-unsaturated/α-hetero) is 1. The van der Waals surface area contributed by atoms with Crippen LogP contribution in [0.1, 0.15) is 56.9 Å². The first-order chi connectivity index (χ1) is 17.2. The molecule has 0 bridgehead atoms. The van der Waals surface area contributed by atoms with E-state index in [9.17, 15) is 24.9 Å². The highest BCUT2D eigenvalue weighted by Gasteiger charge is 2.75. The number of aliphatic hydroxyl groups is 3. The van der Waals surface area contributed by atoms with Gasteiger partial charge in [0.2, 0.25) is 0 Å². The van der Waals surface area contributed by atoms with Crippen molar-refractivity contribution in [1.82, 2.24) is 0 Å². The number of hydrogen-bond acceptors (Lipinski definition) is 7. The number of fused-ring (bicyclic) bond motifs is 7. The first kappa shape index (κ1) is 24.2. The second-order valence-corrected chi connectivity index (χ2v) is 11.7. The molecular weight excluding hydrogens is 460 g/mol. The lowest BCUT2D eigenvalue weighted by atomic mass is 9.46. The molecule has 4 aliphatic carbocycles. The van der Waals surface area contributed by atoms with Crippen LogP contribution in [0, 0.1) is 28.6 Å². The Balaban J connectivity index is 1.38. The van der Waals surface area contributed by atoms with Crippen LogP contribution in [0.3, 0.4) is 0 Å². The summed E-state index contributed by atoms with van der Waals surface area (Å²) in [6.45, 7) is 3.42. The topological polar surface area (TPSA) is 113 Å². The van der Waals surface area contributed by atoms with E-state index in [-0.39, 0.29) is 30.1 Å². The molecule has 6 rings (SSSR count). The number of allylic oxidation sites excluding steroid dienone is 4. The second kappa shape index (κ2) is 8.17. The number of carbonyl (C=O) groups excluding carboxylic acids is 2. The third-order valence-corrected chi connectivity index (χ3v) is 10.2. The van der Waals surface area contributed by atoms with Crippen molar-refractivity contribution in [1.29, 1.82) is 0 Å². The zero-order chi connectivity index (χ0) is 25.5. The molecule has 36 heavy (non-hydrogen) atoms. The van der Waals surface area contributed by atoms with Crippen LogP contribution in [0.2, 0.25) is 0 Å². The molecule has 0 radical (unpaired) electrons. The fraction of sp³-hybridized carbons (Fsp3) is 0.586. The minimum atomic E-state index is -1.35. The maximum atomic E-state index is 13.5. The van der Waals surface area contributed by atoms with E-state index in [2.05, 4.69) is 6.92 Å². The minimum Gasteiger partial charge on any atom is -0.393 e. The molecule has 0 spiro atoms. The highest BCUT2D eigenvalue weighted by molar-refractivity contribution is 6.01. The van der Waals surface area contributed by atoms with E-state index in [0.29, 0.717) is 12.8 Å². The van der Waals surface area contributed by atoms with Crippen molar-refractivity contribution in [2.45, 2.75) is 70.2 Å². The standard InChI is InChI=1S/C29H34O7/c1-27-10-9-19(32)11-18(27)7-8-20-21-12-24-29(23(34)15-31,28(21,2)13-22(33)25(20)27)36-26(35-24)17-5-3-16(14-30)4-6-17/h3-6,9-11,20-22,24-26,30-31,33H,7-8,12-15H2,1-2H3/t20-,21-,22-,24+,25+,26+,27-,28-,29+/m0/s1. The van der Waals surface area contributed by atoms with Gasteiger partial charge >= 0.3 is 0 Å². The molecule has 192 valence electrons. The molecular formula is C29H34O7. The molecule has 1 aromatic carbocycles. The Labute approximate surface area is 210 Å². The first-order valence-corrected chi connectivity index (χ1v) is 13.0. The predicted octanol–water partition coefficient (Wildman–Crippen LogP) is 2.78. The van der Waals surface area contributed by atoms with Gasteiger partial charge in [-0.15, -0.1) is 0 Å². The van der Waals surface area contributed by atoms with Gasteiger partial charge in [0.15, 0.2) is 23.5 Å². The Bertz CT molecular complexity index is 1150.